The van der Waals surface area contributed by atoms with Crippen LogP contribution in [0.5, 0.6) is 17.2 Å². The summed E-state index contributed by atoms with van der Waals surface area (Å²) >= 11 is 6.15. The zero-order chi connectivity index (χ0) is 17.5. The molecule has 25 heavy (non-hydrogen) atoms. The second-order valence-corrected chi connectivity index (χ2v) is 5.71. The zero-order valence-corrected chi connectivity index (χ0v) is 14.7. The number of nitrogens with one attached hydrogen (secondary N) is 2. The van der Waals surface area contributed by atoms with Crippen molar-refractivity contribution >= 4 is 17.6 Å². The van der Waals surface area contributed by atoms with Crippen molar-refractivity contribution in [3.8, 4) is 17.2 Å². The summed E-state index contributed by atoms with van der Waals surface area (Å²) in [5.74, 6) is 2.89. The van der Waals surface area contributed by atoms with Gasteiger partial charge in [-0.15, -0.1) is 0 Å². The molecule has 7 heteroatoms. The van der Waals surface area contributed by atoms with Gasteiger partial charge in [-0.25, -0.2) is 0 Å². The Morgan fingerprint density at radius 2 is 2.00 bits per heavy atom. The van der Waals surface area contributed by atoms with Crippen molar-refractivity contribution in [3.63, 3.8) is 0 Å². The van der Waals surface area contributed by atoms with E-state index in [2.05, 4.69) is 15.6 Å². The van der Waals surface area contributed by atoms with Crippen LogP contribution in [-0.2, 0) is 6.54 Å². The third-order valence-corrected chi connectivity index (χ3v) is 4.00. The molecule has 6 nitrogen and oxygen atoms in total. The molecule has 0 spiro atoms. The van der Waals surface area contributed by atoms with Crippen LogP contribution in [0.1, 0.15) is 5.56 Å². The first-order valence-corrected chi connectivity index (χ1v) is 8.34. The second kappa shape index (κ2) is 8.48. The van der Waals surface area contributed by atoms with Gasteiger partial charge in [0, 0.05) is 24.7 Å². The number of hydrogen-bond acceptors (Lipinski definition) is 4. The third-order valence-electron chi connectivity index (χ3n) is 3.63. The Morgan fingerprint density at radius 3 is 2.84 bits per heavy atom. The molecule has 132 valence electrons. The smallest absolute Gasteiger partial charge is 0.231 e. The number of benzene rings is 2. The quantitative estimate of drug-likeness (QED) is 0.470. The van der Waals surface area contributed by atoms with Gasteiger partial charge in [0.1, 0.15) is 12.4 Å². The third kappa shape index (κ3) is 4.70. The molecule has 0 saturated heterocycles. The second-order valence-electron chi connectivity index (χ2n) is 5.31. The minimum absolute atomic E-state index is 0.258. The maximum absolute atomic E-state index is 6.15. The highest BCUT2D eigenvalue weighted by molar-refractivity contribution is 6.31. The predicted octanol–water partition coefficient (Wildman–Crippen LogP) is 2.81. The molecule has 0 fully saturated rings. The molecule has 0 unspecified atom stereocenters. The van der Waals surface area contributed by atoms with E-state index in [1.165, 1.54) is 0 Å². The van der Waals surface area contributed by atoms with Gasteiger partial charge in [0.15, 0.2) is 17.5 Å². The first-order valence-electron chi connectivity index (χ1n) is 7.96. The van der Waals surface area contributed by atoms with Crippen LogP contribution < -0.4 is 24.8 Å². The van der Waals surface area contributed by atoms with Gasteiger partial charge in [-0.3, -0.25) is 4.99 Å². The van der Waals surface area contributed by atoms with Crippen molar-refractivity contribution in [2.24, 2.45) is 4.99 Å². The van der Waals surface area contributed by atoms with Crippen molar-refractivity contribution in [2.45, 2.75) is 6.54 Å². The van der Waals surface area contributed by atoms with E-state index in [9.17, 15) is 0 Å². The molecule has 1 heterocycles. The first kappa shape index (κ1) is 17.2. The van der Waals surface area contributed by atoms with Crippen LogP contribution in [0, 0.1) is 0 Å². The normalized spacial score (nSPS) is 12.8. The number of guanidine groups is 1. The molecular weight excluding hydrogens is 342 g/mol. The number of hydrogen-bond donors (Lipinski definition) is 2. The molecule has 1 aliphatic rings. The number of ether oxygens (including phenoxy) is 3. The Hall–Kier alpha value is -2.60. The molecular formula is C18H20ClN3O3. The molecule has 0 aromatic heterocycles. The summed E-state index contributed by atoms with van der Waals surface area (Å²) in [7, 11) is 1.72. The van der Waals surface area contributed by atoms with Crippen molar-refractivity contribution in [1.82, 2.24) is 10.6 Å². The molecule has 2 N–H and O–H groups in total. The summed E-state index contributed by atoms with van der Waals surface area (Å²) in [6, 6.07) is 13.2. The standard InChI is InChI=1S/C18H20ClN3O3/c1-20-18(22-11-13-4-2-3-5-15(13)19)21-8-9-23-14-6-7-16-17(10-14)25-12-24-16/h2-7,10H,8-9,11-12H2,1H3,(H2,20,21,22). The van der Waals surface area contributed by atoms with Crippen LogP contribution in [0.25, 0.3) is 0 Å². The van der Waals surface area contributed by atoms with Crippen molar-refractivity contribution in [2.75, 3.05) is 27.0 Å². The van der Waals surface area contributed by atoms with Crippen LogP contribution >= 0.6 is 11.6 Å². The molecule has 2 aromatic carbocycles. The Balaban J connectivity index is 1.40. The Bertz CT molecular complexity index is 752. The average Bonchev–Trinajstić information content (AvgIpc) is 3.10. The molecule has 0 aliphatic carbocycles. The molecule has 1 aliphatic heterocycles. The van der Waals surface area contributed by atoms with Gasteiger partial charge in [-0.2, -0.15) is 0 Å². The number of fused-ring (bicyclic) bond motifs is 1. The fourth-order valence-corrected chi connectivity index (χ4v) is 2.55. The number of halogens is 1. The van der Waals surface area contributed by atoms with E-state index in [0.29, 0.717) is 31.4 Å². The van der Waals surface area contributed by atoms with Gasteiger partial charge in [0.2, 0.25) is 6.79 Å². The van der Waals surface area contributed by atoms with Crippen LogP contribution in [0.2, 0.25) is 5.02 Å². The van der Waals surface area contributed by atoms with Gasteiger partial charge >= 0.3 is 0 Å². The summed E-state index contributed by atoms with van der Waals surface area (Å²) in [5, 5.41) is 7.15. The SMILES string of the molecule is CN=C(NCCOc1ccc2c(c1)OCO2)NCc1ccccc1Cl. The minimum atomic E-state index is 0.258. The lowest BCUT2D eigenvalue weighted by molar-refractivity contribution is 0.173. The summed E-state index contributed by atoms with van der Waals surface area (Å²) in [6.45, 7) is 1.96. The highest BCUT2D eigenvalue weighted by Gasteiger charge is 2.13. The highest BCUT2D eigenvalue weighted by atomic mass is 35.5. The lowest BCUT2D eigenvalue weighted by atomic mass is 10.2. The molecule has 0 radical (unpaired) electrons. The number of aliphatic imine (C=N–C) groups is 1. The largest absolute Gasteiger partial charge is 0.492 e. The molecule has 0 bridgehead atoms. The number of nitrogens with zero attached hydrogens (tertiary/aromatic N) is 1. The van der Waals surface area contributed by atoms with Crippen LogP contribution in [-0.4, -0.2) is 33.0 Å². The van der Waals surface area contributed by atoms with Crippen LogP contribution in [0.4, 0.5) is 0 Å². The maximum atomic E-state index is 6.15. The van der Waals surface area contributed by atoms with Gasteiger partial charge in [0.05, 0.1) is 6.54 Å². The zero-order valence-electron chi connectivity index (χ0n) is 13.9. The number of rotatable bonds is 6. The molecule has 3 rings (SSSR count). The van der Waals surface area contributed by atoms with E-state index in [-0.39, 0.29) is 6.79 Å². The molecule has 0 saturated carbocycles. The maximum Gasteiger partial charge on any atom is 0.231 e. The molecule has 2 aromatic rings. The van der Waals surface area contributed by atoms with Crippen LogP contribution in [0.15, 0.2) is 47.5 Å². The predicted molar refractivity (Wildman–Crippen MR) is 97.7 cm³/mol. The van der Waals surface area contributed by atoms with Crippen molar-refractivity contribution in [3.05, 3.63) is 53.1 Å². The molecule has 0 amide bonds. The van der Waals surface area contributed by atoms with Gasteiger partial charge in [-0.05, 0) is 23.8 Å². The summed E-state index contributed by atoms with van der Waals surface area (Å²) < 4.78 is 16.3. The highest BCUT2D eigenvalue weighted by Crippen LogP contribution is 2.34. The van der Waals surface area contributed by atoms with E-state index in [1.807, 2.05) is 42.5 Å². The van der Waals surface area contributed by atoms with E-state index >= 15 is 0 Å². The summed E-state index contributed by atoms with van der Waals surface area (Å²) in [4.78, 5) is 4.18. The van der Waals surface area contributed by atoms with E-state index in [0.717, 1.165) is 22.1 Å². The van der Waals surface area contributed by atoms with Crippen LogP contribution in [0.3, 0.4) is 0 Å². The lowest BCUT2D eigenvalue weighted by Crippen LogP contribution is -2.38. The topological polar surface area (TPSA) is 64.1 Å². The van der Waals surface area contributed by atoms with E-state index in [4.69, 9.17) is 25.8 Å². The van der Waals surface area contributed by atoms with Crippen molar-refractivity contribution in [1.29, 1.82) is 0 Å². The minimum Gasteiger partial charge on any atom is -0.492 e. The van der Waals surface area contributed by atoms with Crippen molar-refractivity contribution < 1.29 is 14.2 Å². The van der Waals surface area contributed by atoms with Gasteiger partial charge in [0.25, 0.3) is 0 Å². The Morgan fingerprint density at radius 1 is 1.16 bits per heavy atom. The fraction of sp³-hybridized carbons (Fsp3) is 0.278. The molecule has 0 atom stereocenters. The average molecular weight is 362 g/mol. The van der Waals surface area contributed by atoms with Gasteiger partial charge in [-0.1, -0.05) is 29.8 Å². The summed E-state index contributed by atoms with van der Waals surface area (Å²) in [6.07, 6.45) is 0. The van der Waals surface area contributed by atoms with E-state index in [1.54, 1.807) is 7.05 Å². The Kier molecular flexibility index (Phi) is 5.85. The van der Waals surface area contributed by atoms with E-state index < -0.39 is 0 Å². The monoisotopic (exact) mass is 361 g/mol. The van der Waals surface area contributed by atoms with Gasteiger partial charge < -0.3 is 24.8 Å². The Labute approximate surface area is 151 Å². The summed E-state index contributed by atoms with van der Waals surface area (Å²) in [5.41, 5.74) is 1.02. The fourth-order valence-electron chi connectivity index (χ4n) is 2.35. The first-order chi connectivity index (χ1) is 12.3. The lowest BCUT2D eigenvalue weighted by Gasteiger charge is -2.13.